The van der Waals surface area contributed by atoms with Crippen molar-refractivity contribution in [2.45, 2.75) is 25.4 Å². The third-order valence-electron chi connectivity index (χ3n) is 4.13. The number of aliphatic hydroxyl groups is 1. The molecule has 1 N–H and O–H groups in total. The molecular weight excluding hydrogens is 308 g/mol. The summed E-state index contributed by atoms with van der Waals surface area (Å²) in [6.45, 7) is 2.01. The fourth-order valence-electron chi connectivity index (χ4n) is 2.79. The lowest BCUT2D eigenvalue weighted by Gasteiger charge is -2.31. The predicted molar refractivity (Wildman–Crippen MR) is 88.5 cm³/mol. The van der Waals surface area contributed by atoms with Crippen molar-refractivity contribution >= 4 is 5.91 Å². The van der Waals surface area contributed by atoms with Gasteiger partial charge in [0.25, 0.3) is 5.91 Å². The summed E-state index contributed by atoms with van der Waals surface area (Å²) in [4.78, 5) is 18.6. The molecule has 0 atom stereocenters. The van der Waals surface area contributed by atoms with Crippen molar-refractivity contribution in [1.29, 1.82) is 0 Å². The highest BCUT2D eigenvalue weighted by Crippen LogP contribution is 2.20. The minimum atomic E-state index is -0.102. The average molecular weight is 330 g/mol. The fraction of sp³-hybridized carbons (Fsp3) is 0.444. The van der Waals surface area contributed by atoms with Crippen LogP contribution in [0.25, 0.3) is 11.5 Å². The highest BCUT2D eigenvalue weighted by molar-refractivity contribution is 5.92. The van der Waals surface area contributed by atoms with E-state index < -0.39 is 0 Å². The number of amides is 1. The molecule has 1 aromatic carbocycles. The molecule has 1 aliphatic heterocycles. The van der Waals surface area contributed by atoms with Crippen LogP contribution in [-0.4, -0.2) is 53.3 Å². The SMILES string of the molecule is O=C(c1coc(-c2ccccc2)n1)N1CCC(OCCCO)CC1. The molecule has 1 fully saturated rings. The maximum absolute atomic E-state index is 12.5. The van der Waals surface area contributed by atoms with Gasteiger partial charge in [0.15, 0.2) is 5.69 Å². The minimum Gasteiger partial charge on any atom is -0.444 e. The Morgan fingerprint density at radius 3 is 2.75 bits per heavy atom. The second-order valence-electron chi connectivity index (χ2n) is 5.84. The van der Waals surface area contributed by atoms with Crippen LogP contribution < -0.4 is 0 Å². The normalized spacial score (nSPS) is 15.6. The zero-order chi connectivity index (χ0) is 16.8. The first-order valence-corrected chi connectivity index (χ1v) is 8.30. The van der Waals surface area contributed by atoms with Crippen LogP contribution in [-0.2, 0) is 4.74 Å². The summed E-state index contributed by atoms with van der Waals surface area (Å²) in [5.41, 5.74) is 1.20. The van der Waals surface area contributed by atoms with Gasteiger partial charge >= 0.3 is 0 Å². The molecule has 0 bridgehead atoms. The van der Waals surface area contributed by atoms with E-state index in [4.69, 9.17) is 14.3 Å². The summed E-state index contributed by atoms with van der Waals surface area (Å²) in [5.74, 6) is 0.357. The number of aliphatic hydroxyl groups excluding tert-OH is 1. The molecule has 0 aliphatic carbocycles. The lowest BCUT2D eigenvalue weighted by atomic mass is 10.1. The second kappa shape index (κ2) is 8.08. The van der Waals surface area contributed by atoms with Crippen LogP contribution in [0.3, 0.4) is 0 Å². The van der Waals surface area contributed by atoms with E-state index in [0.717, 1.165) is 18.4 Å². The molecule has 24 heavy (non-hydrogen) atoms. The summed E-state index contributed by atoms with van der Waals surface area (Å²) >= 11 is 0. The average Bonchev–Trinajstić information content (AvgIpc) is 3.13. The van der Waals surface area contributed by atoms with Crippen LogP contribution in [0.15, 0.2) is 41.0 Å². The number of rotatable bonds is 6. The number of hydrogen-bond acceptors (Lipinski definition) is 5. The van der Waals surface area contributed by atoms with E-state index in [0.29, 0.717) is 37.7 Å². The number of ether oxygens (including phenoxy) is 1. The molecule has 1 amide bonds. The van der Waals surface area contributed by atoms with Gasteiger partial charge in [-0.1, -0.05) is 18.2 Å². The van der Waals surface area contributed by atoms with Gasteiger partial charge in [-0.05, 0) is 31.4 Å². The molecule has 128 valence electrons. The highest BCUT2D eigenvalue weighted by atomic mass is 16.5. The van der Waals surface area contributed by atoms with Gasteiger partial charge < -0.3 is 19.2 Å². The van der Waals surface area contributed by atoms with E-state index >= 15 is 0 Å². The van der Waals surface area contributed by atoms with Gasteiger partial charge in [-0.15, -0.1) is 0 Å². The maximum Gasteiger partial charge on any atom is 0.275 e. The Morgan fingerprint density at radius 2 is 2.04 bits per heavy atom. The fourth-order valence-corrected chi connectivity index (χ4v) is 2.79. The Balaban J connectivity index is 1.55. The van der Waals surface area contributed by atoms with Crippen LogP contribution >= 0.6 is 0 Å². The lowest BCUT2D eigenvalue weighted by Crippen LogP contribution is -2.41. The Bertz CT molecular complexity index is 648. The first kappa shape index (κ1) is 16.7. The molecule has 6 nitrogen and oxygen atoms in total. The largest absolute Gasteiger partial charge is 0.444 e. The van der Waals surface area contributed by atoms with Crippen molar-refractivity contribution in [3.63, 3.8) is 0 Å². The molecule has 1 saturated heterocycles. The molecule has 6 heteroatoms. The molecular formula is C18H22N2O4. The van der Waals surface area contributed by atoms with Crippen molar-refractivity contribution < 1.29 is 19.1 Å². The Kier molecular flexibility index (Phi) is 5.61. The Labute approximate surface area is 141 Å². The lowest BCUT2D eigenvalue weighted by molar-refractivity contribution is 0.00384. The molecule has 1 aromatic heterocycles. The number of nitrogens with zero attached hydrogens (tertiary/aromatic N) is 2. The molecule has 0 saturated carbocycles. The van der Waals surface area contributed by atoms with Crippen molar-refractivity contribution in [1.82, 2.24) is 9.88 Å². The second-order valence-corrected chi connectivity index (χ2v) is 5.84. The quantitative estimate of drug-likeness (QED) is 0.823. The summed E-state index contributed by atoms with van der Waals surface area (Å²) in [6.07, 6.45) is 3.86. The Hall–Kier alpha value is -2.18. The number of likely N-dealkylation sites (tertiary alicyclic amines) is 1. The van der Waals surface area contributed by atoms with Gasteiger partial charge in [0.05, 0.1) is 6.10 Å². The van der Waals surface area contributed by atoms with Crippen LogP contribution in [0.4, 0.5) is 0 Å². The third kappa shape index (κ3) is 4.01. The van der Waals surface area contributed by atoms with Crippen LogP contribution in [0.2, 0.25) is 0 Å². The van der Waals surface area contributed by atoms with Crippen molar-refractivity contribution in [2.24, 2.45) is 0 Å². The number of benzene rings is 1. The molecule has 3 rings (SSSR count). The van der Waals surface area contributed by atoms with Gasteiger partial charge in [-0.2, -0.15) is 0 Å². The number of oxazole rings is 1. The van der Waals surface area contributed by atoms with E-state index in [1.54, 1.807) is 4.90 Å². The van der Waals surface area contributed by atoms with Crippen molar-refractivity contribution in [2.75, 3.05) is 26.3 Å². The minimum absolute atomic E-state index is 0.102. The summed E-state index contributed by atoms with van der Waals surface area (Å²) in [6, 6.07) is 9.53. The smallest absolute Gasteiger partial charge is 0.275 e. The van der Waals surface area contributed by atoms with Crippen molar-refractivity contribution in [3.8, 4) is 11.5 Å². The molecule has 2 aromatic rings. The number of carbonyl (C=O) groups is 1. The van der Waals surface area contributed by atoms with Gasteiger partial charge in [0, 0.05) is 31.9 Å². The number of aromatic nitrogens is 1. The maximum atomic E-state index is 12.5. The van der Waals surface area contributed by atoms with E-state index in [2.05, 4.69) is 4.98 Å². The van der Waals surface area contributed by atoms with Crippen LogP contribution in [0, 0.1) is 0 Å². The zero-order valence-corrected chi connectivity index (χ0v) is 13.6. The monoisotopic (exact) mass is 330 g/mol. The third-order valence-corrected chi connectivity index (χ3v) is 4.13. The highest BCUT2D eigenvalue weighted by Gasteiger charge is 2.26. The molecule has 2 heterocycles. The number of carbonyl (C=O) groups excluding carboxylic acids is 1. The topological polar surface area (TPSA) is 75.8 Å². The molecule has 0 spiro atoms. The predicted octanol–water partition coefficient (Wildman–Crippen LogP) is 2.35. The molecule has 0 radical (unpaired) electrons. The first-order valence-electron chi connectivity index (χ1n) is 8.30. The van der Waals surface area contributed by atoms with Crippen LogP contribution in [0.5, 0.6) is 0 Å². The van der Waals surface area contributed by atoms with Crippen molar-refractivity contribution in [3.05, 3.63) is 42.3 Å². The van der Waals surface area contributed by atoms with E-state index in [9.17, 15) is 4.79 Å². The van der Waals surface area contributed by atoms with Gasteiger partial charge in [0.1, 0.15) is 6.26 Å². The van der Waals surface area contributed by atoms with E-state index in [-0.39, 0.29) is 18.6 Å². The summed E-state index contributed by atoms with van der Waals surface area (Å²) in [5, 5.41) is 8.77. The van der Waals surface area contributed by atoms with E-state index in [1.807, 2.05) is 30.3 Å². The standard InChI is InChI=1S/C18H22N2O4/c21-11-4-12-23-15-7-9-20(10-8-15)18(22)16-13-24-17(19-16)14-5-2-1-3-6-14/h1-3,5-6,13,15,21H,4,7-12H2. The summed E-state index contributed by atoms with van der Waals surface area (Å²) < 4.78 is 11.1. The molecule has 0 unspecified atom stereocenters. The number of piperidine rings is 1. The van der Waals surface area contributed by atoms with Gasteiger partial charge in [-0.3, -0.25) is 4.79 Å². The first-order chi connectivity index (χ1) is 11.8. The van der Waals surface area contributed by atoms with Gasteiger partial charge in [-0.25, -0.2) is 4.98 Å². The summed E-state index contributed by atoms with van der Waals surface area (Å²) in [7, 11) is 0. The van der Waals surface area contributed by atoms with Crippen LogP contribution in [0.1, 0.15) is 29.8 Å². The Morgan fingerprint density at radius 1 is 1.29 bits per heavy atom. The van der Waals surface area contributed by atoms with E-state index in [1.165, 1.54) is 6.26 Å². The number of hydrogen-bond donors (Lipinski definition) is 1. The molecule has 1 aliphatic rings. The zero-order valence-electron chi connectivity index (χ0n) is 13.6. The van der Waals surface area contributed by atoms with Gasteiger partial charge in [0.2, 0.25) is 5.89 Å².